The van der Waals surface area contributed by atoms with Crippen LogP contribution in [-0.2, 0) is 0 Å². The first-order valence-electron chi connectivity index (χ1n) is 21.9. The summed E-state index contributed by atoms with van der Waals surface area (Å²) >= 11 is 1.83. The van der Waals surface area contributed by atoms with Crippen molar-refractivity contribution in [1.82, 2.24) is 4.57 Å². The molecule has 11 aromatic rings. The number of aromatic nitrogens is 1. The van der Waals surface area contributed by atoms with Crippen molar-refractivity contribution in [2.24, 2.45) is 15.7 Å². The van der Waals surface area contributed by atoms with Crippen LogP contribution in [0.5, 0.6) is 0 Å². The lowest BCUT2D eigenvalue weighted by Crippen LogP contribution is -2.17. The Kier molecular flexibility index (Phi) is 9.20. The number of hydrogen-bond acceptors (Lipinski definition) is 3. The zero-order valence-electron chi connectivity index (χ0n) is 35.2. The van der Waals surface area contributed by atoms with E-state index in [4.69, 9.17) is 20.1 Å². The average Bonchev–Trinajstić information content (AvgIpc) is 4.03. The van der Waals surface area contributed by atoms with Crippen molar-refractivity contribution in [1.29, 1.82) is 0 Å². The number of thiophene rings is 1. The van der Waals surface area contributed by atoms with Gasteiger partial charge in [-0.15, -0.1) is 11.3 Å². The molecular formula is C58H42N4OS. The van der Waals surface area contributed by atoms with Crippen molar-refractivity contribution in [3.63, 3.8) is 0 Å². The predicted octanol–water partition coefficient (Wildman–Crippen LogP) is 15.5. The molecule has 1 aliphatic carbocycles. The zero-order valence-corrected chi connectivity index (χ0v) is 36.0. The molecule has 3 heterocycles. The predicted molar refractivity (Wildman–Crippen MR) is 271 cm³/mol. The third-order valence-corrected chi connectivity index (χ3v) is 13.9. The summed E-state index contributed by atoms with van der Waals surface area (Å²) in [6.45, 7) is 2.16. The van der Waals surface area contributed by atoms with E-state index in [1.165, 1.54) is 42.1 Å². The topological polar surface area (TPSA) is 68.8 Å². The Morgan fingerprint density at radius 2 is 1.31 bits per heavy atom. The Hall–Kier alpha value is -7.80. The van der Waals surface area contributed by atoms with Crippen molar-refractivity contribution in [2.45, 2.75) is 25.8 Å². The highest BCUT2D eigenvalue weighted by molar-refractivity contribution is 7.25. The van der Waals surface area contributed by atoms with E-state index < -0.39 is 0 Å². The van der Waals surface area contributed by atoms with Crippen molar-refractivity contribution in [3.8, 4) is 27.9 Å². The molecule has 306 valence electrons. The van der Waals surface area contributed by atoms with Crippen LogP contribution >= 0.6 is 11.3 Å². The molecule has 0 spiro atoms. The average molecular weight is 843 g/mol. The van der Waals surface area contributed by atoms with E-state index >= 15 is 0 Å². The van der Waals surface area contributed by atoms with Crippen LogP contribution in [-0.4, -0.2) is 16.2 Å². The monoisotopic (exact) mass is 842 g/mol. The van der Waals surface area contributed by atoms with Gasteiger partial charge in [-0.3, -0.25) is 4.99 Å². The molecule has 12 rings (SSSR count). The third-order valence-electron chi connectivity index (χ3n) is 12.7. The van der Waals surface area contributed by atoms with Crippen LogP contribution in [0.15, 0.2) is 214 Å². The van der Waals surface area contributed by atoms with E-state index in [1.807, 2.05) is 41.7 Å². The van der Waals surface area contributed by atoms with Crippen molar-refractivity contribution < 1.29 is 4.42 Å². The van der Waals surface area contributed by atoms with Crippen LogP contribution in [0.1, 0.15) is 36.9 Å². The fourth-order valence-corrected chi connectivity index (χ4v) is 10.7. The normalized spacial score (nSPS) is 14.1. The maximum atomic E-state index is 7.39. The Balaban J connectivity index is 1.11. The maximum Gasteiger partial charge on any atom is 0.159 e. The van der Waals surface area contributed by atoms with Gasteiger partial charge < -0.3 is 14.7 Å². The number of amidine groups is 2. The largest absolute Gasteiger partial charge is 0.453 e. The third kappa shape index (κ3) is 6.37. The van der Waals surface area contributed by atoms with Crippen LogP contribution in [0.3, 0.4) is 0 Å². The first-order chi connectivity index (χ1) is 31.6. The van der Waals surface area contributed by atoms with E-state index in [9.17, 15) is 0 Å². The second kappa shape index (κ2) is 15.5. The van der Waals surface area contributed by atoms with E-state index in [2.05, 4.69) is 175 Å². The molecule has 0 saturated carbocycles. The van der Waals surface area contributed by atoms with Gasteiger partial charge in [-0.2, -0.15) is 0 Å². The zero-order chi connectivity index (χ0) is 42.7. The van der Waals surface area contributed by atoms with Gasteiger partial charge in [-0.25, -0.2) is 4.99 Å². The molecule has 1 unspecified atom stereocenters. The molecule has 64 heavy (non-hydrogen) atoms. The summed E-state index contributed by atoms with van der Waals surface area (Å²) in [5.74, 6) is 1.09. The highest BCUT2D eigenvalue weighted by Gasteiger charge is 2.24. The molecule has 0 bridgehead atoms. The molecular weight excluding hydrogens is 801 g/mol. The quantitative estimate of drug-likeness (QED) is 0.128. The molecule has 0 aliphatic heterocycles. The second-order valence-corrected chi connectivity index (χ2v) is 17.7. The van der Waals surface area contributed by atoms with Crippen LogP contribution < -0.4 is 5.73 Å². The second-order valence-electron chi connectivity index (χ2n) is 16.6. The molecule has 0 radical (unpaired) electrons. The molecule has 3 aromatic heterocycles. The van der Waals surface area contributed by atoms with Crippen LogP contribution in [0.4, 0.5) is 0 Å². The summed E-state index contributed by atoms with van der Waals surface area (Å²) in [7, 11) is 0. The molecule has 5 nitrogen and oxygen atoms in total. The van der Waals surface area contributed by atoms with Gasteiger partial charge in [0.25, 0.3) is 0 Å². The van der Waals surface area contributed by atoms with Gasteiger partial charge in [0.05, 0.1) is 22.8 Å². The fraction of sp³-hybridized carbons (Fsp3) is 0.0690. The lowest BCUT2D eigenvalue weighted by atomic mass is 9.92. The summed E-state index contributed by atoms with van der Waals surface area (Å²) in [5, 5.41) is 7.00. The minimum Gasteiger partial charge on any atom is -0.453 e. The summed E-state index contributed by atoms with van der Waals surface area (Å²) in [6, 6.07) is 62.3. The van der Waals surface area contributed by atoms with Crippen molar-refractivity contribution in [3.05, 3.63) is 211 Å². The highest BCUT2D eigenvalue weighted by atomic mass is 32.1. The number of nitrogens with two attached hydrogens (primary N) is 1. The first kappa shape index (κ1) is 37.9. The van der Waals surface area contributed by atoms with Crippen molar-refractivity contribution >= 4 is 86.9 Å². The lowest BCUT2D eigenvalue weighted by Gasteiger charge is -2.17. The van der Waals surface area contributed by atoms with E-state index in [-0.39, 0.29) is 6.04 Å². The molecule has 1 atom stereocenters. The molecule has 2 N–H and O–H groups in total. The number of hydrogen-bond donors (Lipinski definition) is 1. The van der Waals surface area contributed by atoms with Crippen LogP contribution in [0.2, 0.25) is 0 Å². The van der Waals surface area contributed by atoms with Gasteiger partial charge in [0.1, 0.15) is 11.4 Å². The number of nitrogens with zero attached hydrogens (tertiary/aromatic N) is 3. The number of fused-ring (bicyclic) bond motifs is 9. The van der Waals surface area contributed by atoms with E-state index in [0.717, 1.165) is 79.3 Å². The summed E-state index contributed by atoms with van der Waals surface area (Å²) in [5.41, 5.74) is 19.1. The van der Waals surface area contributed by atoms with Gasteiger partial charge in [0.2, 0.25) is 0 Å². The molecule has 0 saturated heterocycles. The van der Waals surface area contributed by atoms with Gasteiger partial charge in [0.15, 0.2) is 11.4 Å². The van der Waals surface area contributed by atoms with Crippen LogP contribution in [0.25, 0.3) is 91.9 Å². The maximum absolute atomic E-state index is 7.39. The Labute approximate surface area is 374 Å². The highest BCUT2D eigenvalue weighted by Crippen LogP contribution is 2.46. The molecule has 0 fully saturated rings. The number of furan rings is 1. The number of para-hydroxylation sites is 2. The Morgan fingerprint density at radius 1 is 0.609 bits per heavy atom. The fourth-order valence-electron chi connectivity index (χ4n) is 9.62. The summed E-state index contributed by atoms with van der Waals surface area (Å²) < 4.78 is 12.3. The van der Waals surface area contributed by atoms with Gasteiger partial charge in [-0.05, 0) is 84.0 Å². The Morgan fingerprint density at radius 3 is 2.16 bits per heavy atom. The number of benzene rings is 8. The molecule has 1 aliphatic rings. The van der Waals surface area contributed by atoms with Crippen molar-refractivity contribution in [2.75, 3.05) is 0 Å². The van der Waals surface area contributed by atoms with Gasteiger partial charge in [0, 0.05) is 52.8 Å². The Bertz CT molecular complexity index is 3750. The van der Waals surface area contributed by atoms with Gasteiger partial charge >= 0.3 is 0 Å². The molecule has 8 aromatic carbocycles. The SMILES string of the molecule is CC(N=C(N=C(N)c1ccccc1)C1=CC=CCC1)c1ccc2c(oc3c(-n4c5ccccc5c5ccc(-c6ccccc6)cc54)cccc32)c1-c1ccc2sc3ccccc3c2c1. The minimum absolute atomic E-state index is 0.301. The first-order valence-corrected chi connectivity index (χ1v) is 22.7. The molecule has 6 heteroatoms. The van der Waals surface area contributed by atoms with E-state index in [1.54, 1.807) is 0 Å². The lowest BCUT2D eigenvalue weighted by molar-refractivity contribution is 0.665. The van der Waals surface area contributed by atoms with E-state index in [0.29, 0.717) is 11.7 Å². The number of allylic oxidation sites excluding steroid dienone is 3. The summed E-state index contributed by atoms with van der Waals surface area (Å²) in [4.78, 5) is 10.5. The van der Waals surface area contributed by atoms with Gasteiger partial charge in [-0.1, -0.05) is 158 Å². The minimum atomic E-state index is -0.301. The summed E-state index contributed by atoms with van der Waals surface area (Å²) in [6.07, 6.45) is 8.16. The smallest absolute Gasteiger partial charge is 0.159 e. The standard InChI is InChI=1S/C58H42N4OS/c1-36(60-58(39-20-9-4-10-21-39)61-57(59)38-18-7-3-8-19-38)42-31-32-47-46-24-15-26-50(55(46)63-56(47)54(42)41-29-33-53-48(34-41)45-23-12-14-27-52(45)64-53)62-49-25-13-11-22-43(49)44-30-28-40(35-51(44)62)37-16-5-2-6-17-37/h2-9,11-20,22-36H,10,21H2,1H3,(H2,59,60,61). The number of aliphatic imine (C=N–C) groups is 2. The molecule has 0 amide bonds. The number of rotatable bonds is 7. The van der Waals surface area contributed by atoms with Crippen LogP contribution in [0, 0.1) is 0 Å².